The van der Waals surface area contributed by atoms with Gasteiger partial charge < -0.3 is 9.84 Å². The summed E-state index contributed by atoms with van der Waals surface area (Å²) in [5.41, 5.74) is 0.751. The molecule has 0 radical (unpaired) electrons. The second kappa shape index (κ2) is 6.43. The van der Waals surface area contributed by atoms with Crippen LogP contribution in [0.1, 0.15) is 36.7 Å². The van der Waals surface area contributed by atoms with Crippen molar-refractivity contribution >= 4 is 29.3 Å². The number of fused-ring (bicyclic) bond motifs is 1. The average molecular weight is 316 g/mol. The van der Waals surface area contributed by atoms with E-state index >= 15 is 0 Å². The van der Waals surface area contributed by atoms with Crippen molar-refractivity contribution in [1.29, 1.82) is 0 Å². The number of imide groups is 1. The van der Waals surface area contributed by atoms with E-state index in [-0.39, 0.29) is 23.7 Å². The van der Waals surface area contributed by atoms with Gasteiger partial charge >= 0.3 is 6.09 Å². The first-order chi connectivity index (χ1) is 10.9. The quantitative estimate of drug-likeness (QED) is 0.683. The SMILES string of the molecule is CCOC(=O)N(/N=C(\C)C1=C(O)c2ccccc2C1=O)C(C)=O. The molecule has 1 aliphatic carbocycles. The molecule has 2 amide bonds. The topological polar surface area (TPSA) is 96.3 Å². The molecule has 7 heteroatoms. The van der Waals surface area contributed by atoms with Gasteiger partial charge in [0.25, 0.3) is 0 Å². The van der Waals surface area contributed by atoms with E-state index in [9.17, 15) is 19.5 Å². The Hall–Kier alpha value is -2.96. The molecule has 0 aromatic heterocycles. The number of Topliss-reactive ketones (excluding diaryl/α,β-unsaturated/α-hetero) is 1. The number of carbonyl (C=O) groups excluding carboxylic acids is 3. The lowest BCUT2D eigenvalue weighted by atomic mass is 10.1. The minimum atomic E-state index is -0.942. The number of ketones is 1. The highest BCUT2D eigenvalue weighted by atomic mass is 16.6. The summed E-state index contributed by atoms with van der Waals surface area (Å²) in [6.07, 6.45) is -0.942. The number of ether oxygens (including phenoxy) is 1. The van der Waals surface area contributed by atoms with Crippen molar-refractivity contribution in [3.8, 4) is 0 Å². The van der Waals surface area contributed by atoms with Gasteiger partial charge in [0, 0.05) is 18.1 Å². The van der Waals surface area contributed by atoms with Crippen LogP contribution in [0.25, 0.3) is 5.76 Å². The molecule has 1 aromatic carbocycles. The van der Waals surface area contributed by atoms with Crippen molar-refractivity contribution in [3.63, 3.8) is 0 Å². The van der Waals surface area contributed by atoms with Crippen LogP contribution in [0.4, 0.5) is 4.79 Å². The molecule has 2 rings (SSSR count). The predicted octanol–water partition coefficient (Wildman–Crippen LogP) is 2.53. The Morgan fingerprint density at radius 1 is 1.22 bits per heavy atom. The summed E-state index contributed by atoms with van der Waals surface area (Å²) in [7, 11) is 0. The molecule has 23 heavy (non-hydrogen) atoms. The minimum absolute atomic E-state index is 0.0400. The summed E-state index contributed by atoms with van der Waals surface area (Å²) < 4.78 is 4.74. The van der Waals surface area contributed by atoms with Crippen LogP contribution in [0.3, 0.4) is 0 Å². The monoisotopic (exact) mass is 316 g/mol. The van der Waals surface area contributed by atoms with E-state index in [1.807, 2.05) is 0 Å². The number of rotatable bonds is 3. The number of hydrazone groups is 1. The highest BCUT2D eigenvalue weighted by Gasteiger charge is 2.32. The van der Waals surface area contributed by atoms with Gasteiger partial charge in [-0.05, 0) is 13.8 Å². The normalized spacial score (nSPS) is 13.9. The fourth-order valence-electron chi connectivity index (χ4n) is 2.22. The number of nitrogens with zero attached hydrogens (tertiary/aromatic N) is 2. The minimum Gasteiger partial charge on any atom is -0.506 e. The number of benzene rings is 1. The van der Waals surface area contributed by atoms with Crippen molar-refractivity contribution in [2.45, 2.75) is 20.8 Å². The van der Waals surface area contributed by atoms with E-state index in [1.54, 1.807) is 31.2 Å². The molecule has 1 N–H and O–H groups in total. The Morgan fingerprint density at radius 3 is 2.35 bits per heavy atom. The van der Waals surface area contributed by atoms with Gasteiger partial charge in [0.2, 0.25) is 5.91 Å². The molecule has 0 spiro atoms. The Kier molecular flexibility index (Phi) is 4.59. The fourth-order valence-corrected chi connectivity index (χ4v) is 2.22. The third-order valence-corrected chi connectivity index (χ3v) is 3.24. The summed E-state index contributed by atoms with van der Waals surface area (Å²) in [6.45, 7) is 4.26. The van der Waals surface area contributed by atoms with Gasteiger partial charge in [0.1, 0.15) is 5.76 Å². The molecule has 0 fully saturated rings. The van der Waals surface area contributed by atoms with E-state index in [0.29, 0.717) is 16.1 Å². The van der Waals surface area contributed by atoms with E-state index in [0.717, 1.165) is 6.92 Å². The molecule has 0 bridgehead atoms. The van der Waals surface area contributed by atoms with Crippen molar-refractivity contribution in [2.75, 3.05) is 6.61 Å². The van der Waals surface area contributed by atoms with E-state index in [4.69, 9.17) is 4.74 Å². The maximum Gasteiger partial charge on any atom is 0.437 e. The number of carbonyl (C=O) groups is 3. The van der Waals surface area contributed by atoms with Crippen molar-refractivity contribution < 1.29 is 24.2 Å². The van der Waals surface area contributed by atoms with Gasteiger partial charge in [0.15, 0.2) is 5.78 Å². The first-order valence-electron chi connectivity index (χ1n) is 6.98. The molecule has 0 saturated carbocycles. The maximum absolute atomic E-state index is 12.4. The van der Waals surface area contributed by atoms with E-state index < -0.39 is 17.8 Å². The number of aliphatic hydroxyl groups excluding tert-OH is 1. The Balaban J connectivity index is 2.42. The highest BCUT2D eigenvalue weighted by molar-refractivity contribution is 6.35. The molecule has 0 unspecified atom stereocenters. The second-order valence-corrected chi connectivity index (χ2v) is 4.81. The lowest BCUT2D eigenvalue weighted by Crippen LogP contribution is -2.32. The number of aliphatic hydroxyl groups is 1. The van der Waals surface area contributed by atoms with Gasteiger partial charge in [-0.15, -0.1) is 5.01 Å². The van der Waals surface area contributed by atoms with Crippen LogP contribution < -0.4 is 0 Å². The third-order valence-electron chi connectivity index (χ3n) is 3.24. The lowest BCUT2D eigenvalue weighted by Gasteiger charge is -2.14. The van der Waals surface area contributed by atoms with Crippen LogP contribution >= 0.6 is 0 Å². The predicted molar refractivity (Wildman–Crippen MR) is 83.0 cm³/mol. The average Bonchev–Trinajstić information content (AvgIpc) is 2.76. The molecular formula is C16H16N2O5. The molecule has 0 atom stereocenters. The summed E-state index contributed by atoms with van der Waals surface area (Å²) in [5.74, 6) is -1.29. The largest absolute Gasteiger partial charge is 0.506 e. The fraction of sp³-hybridized carbons (Fsp3) is 0.250. The second-order valence-electron chi connectivity index (χ2n) is 4.81. The van der Waals surface area contributed by atoms with Crippen LogP contribution in [0.2, 0.25) is 0 Å². The number of allylic oxidation sites excluding steroid dienone is 1. The zero-order valence-corrected chi connectivity index (χ0v) is 13.0. The molecule has 120 valence electrons. The van der Waals surface area contributed by atoms with Gasteiger partial charge in [-0.1, -0.05) is 24.3 Å². The number of hydrogen-bond acceptors (Lipinski definition) is 6. The first-order valence-corrected chi connectivity index (χ1v) is 6.98. The summed E-state index contributed by atoms with van der Waals surface area (Å²) in [6, 6.07) is 6.57. The Labute approximate surface area is 132 Å². The highest BCUT2D eigenvalue weighted by Crippen LogP contribution is 2.31. The Morgan fingerprint density at radius 2 is 1.83 bits per heavy atom. The lowest BCUT2D eigenvalue weighted by molar-refractivity contribution is -0.127. The van der Waals surface area contributed by atoms with Crippen LogP contribution in [0, 0.1) is 0 Å². The smallest absolute Gasteiger partial charge is 0.437 e. The maximum atomic E-state index is 12.4. The molecule has 0 aliphatic heterocycles. The molecular weight excluding hydrogens is 300 g/mol. The number of amides is 2. The first kappa shape index (κ1) is 16.4. The molecule has 0 heterocycles. The summed E-state index contributed by atoms with van der Waals surface area (Å²) in [5, 5.41) is 14.6. The summed E-state index contributed by atoms with van der Waals surface area (Å²) >= 11 is 0. The van der Waals surface area contributed by atoms with E-state index in [2.05, 4.69) is 5.10 Å². The van der Waals surface area contributed by atoms with Crippen LogP contribution in [0.15, 0.2) is 34.9 Å². The zero-order valence-electron chi connectivity index (χ0n) is 13.0. The van der Waals surface area contributed by atoms with Crippen LogP contribution in [-0.4, -0.2) is 40.2 Å². The molecule has 7 nitrogen and oxygen atoms in total. The van der Waals surface area contributed by atoms with Gasteiger partial charge in [-0.25, -0.2) is 4.79 Å². The van der Waals surface area contributed by atoms with Crippen molar-refractivity contribution in [2.24, 2.45) is 5.10 Å². The zero-order chi connectivity index (χ0) is 17.1. The molecule has 1 aromatic rings. The van der Waals surface area contributed by atoms with Gasteiger partial charge in [0.05, 0.1) is 17.9 Å². The third kappa shape index (κ3) is 2.98. The number of hydrogen-bond donors (Lipinski definition) is 1. The molecule has 1 aliphatic rings. The Bertz CT molecular complexity index is 749. The summed E-state index contributed by atoms with van der Waals surface area (Å²) in [4.78, 5) is 35.7. The van der Waals surface area contributed by atoms with Gasteiger partial charge in [-0.2, -0.15) is 5.10 Å². The van der Waals surface area contributed by atoms with Gasteiger partial charge in [-0.3, -0.25) is 9.59 Å². The molecule has 0 saturated heterocycles. The standard InChI is InChI=1S/C16H16N2O5/c1-4-23-16(22)18(10(3)19)17-9(2)13-14(20)11-7-5-6-8-12(11)15(13)21/h5-8,20H,4H2,1-3H3/b17-9+. The van der Waals surface area contributed by atoms with Crippen molar-refractivity contribution in [3.05, 3.63) is 41.0 Å². The van der Waals surface area contributed by atoms with Crippen LogP contribution in [-0.2, 0) is 9.53 Å². The van der Waals surface area contributed by atoms with Crippen molar-refractivity contribution in [1.82, 2.24) is 5.01 Å². The van der Waals surface area contributed by atoms with Crippen LogP contribution in [0.5, 0.6) is 0 Å². The van der Waals surface area contributed by atoms with E-state index in [1.165, 1.54) is 6.92 Å².